The number of carbonyl (C=O) groups excluding carboxylic acids is 1. The fourth-order valence-electron chi connectivity index (χ4n) is 1.97. The summed E-state index contributed by atoms with van der Waals surface area (Å²) in [6.45, 7) is 1.38. The highest BCUT2D eigenvalue weighted by Crippen LogP contribution is 2.13. The number of pyridine rings is 1. The van der Waals surface area contributed by atoms with Gasteiger partial charge in [-0.05, 0) is 18.6 Å². The van der Waals surface area contributed by atoms with Crippen LogP contribution in [0, 0.1) is 28.4 Å². The molecule has 0 fully saturated rings. The molecule has 2 rings (SSSR count). The maximum atomic E-state index is 12.0. The molecule has 0 atom stereocenters. The first-order chi connectivity index (χ1) is 10.9. The second-order valence-electron chi connectivity index (χ2n) is 4.78. The van der Waals surface area contributed by atoms with E-state index in [0.717, 1.165) is 22.4 Å². The van der Waals surface area contributed by atoms with E-state index in [1.807, 2.05) is 19.1 Å². The Bertz CT molecular complexity index is 880. The van der Waals surface area contributed by atoms with Gasteiger partial charge < -0.3 is 5.32 Å². The second kappa shape index (κ2) is 6.53. The Hall–Kier alpha value is -3.47. The summed E-state index contributed by atoms with van der Waals surface area (Å²) in [5.74, 6) is -0.522. The van der Waals surface area contributed by atoms with Gasteiger partial charge >= 0.3 is 0 Å². The lowest BCUT2D eigenvalue weighted by Crippen LogP contribution is -2.29. The molecule has 0 aliphatic rings. The van der Waals surface area contributed by atoms with Crippen LogP contribution in [0.2, 0.25) is 0 Å². The normalized spacial score (nSPS) is 9.91. The lowest BCUT2D eigenvalue weighted by molar-refractivity contribution is -0.385. The number of nitriles is 1. The van der Waals surface area contributed by atoms with Crippen molar-refractivity contribution in [3.63, 3.8) is 0 Å². The van der Waals surface area contributed by atoms with Gasteiger partial charge in [-0.1, -0.05) is 18.2 Å². The number of aryl methyl sites for hydroxylation is 1. The van der Waals surface area contributed by atoms with Crippen molar-refractivity contribution in [2.24, 2.45) is 0 Å². The van der Waals surface area contributed by atoms with E-state index < -0.39 is 28.6 Å². The molecule has 1 aromatic carbocycles. The fraction of sp³-hybridized carbons (Fsp3) is 0.133. The number of nitrogens with zero attached hydrogens (tertiary/aromatic N) is 3. The van der Waals surface area contributed by atoms with Crippen LogP contribution in [0.4, 0.5) is 11.4 Å². The van der Waals surface area contributed by atoms with Crippen molar-refractivity contribution in [3.8, 4) is 6.07 Å². The predicted octanol–water partition coefficient (Wildman–Crippen LogP) is 1.58. The van der Waals surface area contributed by atoms with Crippen LogP contribution in [0.3, 0.4) is 0 Å². The Morgan fingerprint density at radius 1 is 1.43 bits per heavy atom. The van der Waals surface area contributed by atoms with Crippen LogP contribution in [-0.2, 0) is 11.3 Å². The third-order valence-electron chi connectivity index (χ3n) is 3.14. The van der Waals surface area contributed by atoms with Crippen LogP contribution in [0.5, 0.6) is 0 Å². The first kappa shape index (κ1) is 15.9. The zero-order valence-corrected chi connectivity index (χ0v) is 12.1. The molecule has 23 heavy (non-hydrogen) atoms. The summed E-state index contributed by atoms with van der Waals surface area (Å²) in [6, 6.07) is 9.55. The molecule has 2 aromatic rings. The number of anilines is 1. The second-order valence-corrected chi connectivity index (χ2v) is 4.78. The molecule has 1 aromatic heterocycles. The van der Waals surface area contributed by atoms with E-state index in [4.69, 9.17) is 5.26 Å². The van der Waals surface area contributed by atoms with Crippen LogP contribution in [0.25, 0.3) is 0 Å². The molecular formula is C15H12N4O4. The summed E-state index contributed by atoms with van der Waals surface area (Å²) >= 11 is 0. The minimum absolute atomic E-state index is 0.386. The van der Waals surface area contributed by atoms with E-state index in [0.29, 0.717) is 5.69 Å². The maximum absolute atomic E-state index is 12.0. The van der Waals surface area contributed by atoms with E-state index in [1.165, 1.54) is 0 Å². The number of aromatic nitrogens is 1. The molecule has 0 bridgehead atoms. The smallest absolute Gasteiger partial charge is 0.287 e. The van der Waals surface area contributed by atoms with Crippen molar-refractivity contribution >= 4 is 17.3 Å². The summed E-state index contributed by atoms with van der Waals surface area (Å²) in [5, 5.41) is 22.3. The molecule has 1 amide bonds. The number of nitrogens with one attached hydrogen (secondary N) is 1. The zero-order chi connectivity index (χ0) is 17.0. The Kier molecular flexibility index (Phi) is 4.52. The Labute approximate surface area is 130 Å². The van der Waals surface area contributed by atoms with E-state index in [-0.39, 0.29) is 5.56 Å². The Balaban J connectivity index is 2.29. The van der Waals surface area contributed by atoms with E-state index in [9.17, 15) is 19.7 Å². The molecule has 0 spiro atoms. The van der Waals surface area contributed by atoms with E-state index >= 15 is 0 Å². The van der Waals surface area contributed by atoms with E-state index in [1.54, 1.807) is 18.2 Å². The molecule has 0 radical (unpaired) electrons. The first-order valence-corrected chi connectivity index (χ1v) is 6.57. The van der Waals surface area contributed by atoms with Gasteiger partial charge in [0.05, 0.1) is 11.1 Å². The molecule has 0 aliphatic carbocycles. The average molecular weight is 312 g/mol. The SMILES string of the molecule is Cc1ccccc1NC(=O)Cn1cc([N+](=O)[O-])cc(C#N)c1=O. The van der Waals surface area contributed by atoms with Crippen LogP contribution in [0.15, 0.2) is 41.3 Å². The lowest BCUT2D eigenvalue weighted by Gasteiger charge is -2.09. The van der Waals surface area contributed by atoms with Gasteiger partial charge in [0.1, 0.15) is 18.2 Å². The molecular weight excluding hydrogens is 300 g/mol. The van der Waals surface area contributed by atoms with Crippen molar-refractivity contribution in [3.05, 3.63) is 68.1 Å². The van der Waals surface area contributed by atoms with Crippen molar-refractivity contribution < 1.29 is 9.72 Å². The Morgan fingerprint density at radius 3 is 2.74 bits per heavy atom. The summed E-state index contributed by atoms with van der Waals surface area (Å²) in [5.41, 5.74) is -0.146. The molecule has 0 saturated carbocycles. The van der Waals surface area contributed by atoms with Crippen molar-refractivity contribution in [1.82, 2.24) is 4.57 Å². The van der Waals surface area contributed by atoms with Gasteiger partial charge in [0.15, 0.2) is 0 Å². The number of benzene rings is 1. The number of hydrogen-bond acceptors (Lipinski definition) is 5. The number of rotatable bonds is 4. The minimum atomic E-state index is -0.752. The van der Waals surface area contributed by atoms with Gasteiger partial charge in [0.2, 0.25) is 5.91 Å². The highest BCUT2D eigenvalue weighted by Gasteiger charge is 2.15. The molecule has 1 N–H and O–H groups in total. The topological polar surface area (TPSA) is 118 Å². The molecule has 8 nitrogen and oxygen atoms in total. The van der Waals surface area contributed by atoms with Crippen LogP contribution in [0.1, 0.15) is 11.1 Å². The van der Waals surface area contributed by atoms with Crippen molar-refractivity contribution in [2.45, 2.75) is 13.5 Å². The van der Waals surface area contributed by atoms with Gasteiger partial charge in [-0.25, -0.2) is 0 Å². The summed E-state index contributed by atoms with van der Waals surface area (Å²) < 4.78 is 0.851. The highest BCUT2D eigenvalue weighted by molar-refractivity contribution is 5.91. The number of carbonyl (C=O) groups is 1. The lowest BCUT2D eigenvalue weighted by atomic mass is 10.2. The van der Waals surface area contributed by atoms with Crippen molar-refractivity contribution in [2.75, 3.05) is 5.32 Å². The predicted molar refractivity (Wildman–Crippen MR) is 81.9 cm³/mol. The van der Waals surface area contributed by atoms with Gasteiger partial charge in [-0.3, -0.25) is 24.3 Å². The largest absolute Gasteiger partial charge is 0.324 e. The standard InChI is InChI=1S/C15H12N4O4/c1-10-4-2-3-5-13(10)17-14(20)9-18-8-12(19(22)23)6-11(7-16)15(18)21/h2-6,8H,9H2,1H3,(H,17,20). The Morgan fingerprint density at radius 2 is 2.13 bits per heavy atom. The number of amides is 1. The van der Waals surface area contributed by atoms with Gasteiger partial charge in [-0.2, -0.15) is 5.26 Å². The van der Waals surface area contributed by atoms with Gasteiger partial charge in [0, 0.05) is 11.8 Å². The quantitative estimate of drug-likeness (QED) is 0.679. The molecule has 8 heteroatoms. The van der Waals surface area contributed by atoms with Gasteiger partial charge in [-0.15, -0.1) is 0 Å². The van der Waals surface area contributed by atoms with Crippen LogP contribution < -0.4 is 10.9 Å². The number of hydrogen-bond donors (Lipinski definition) is 1. The van der Waals surface area contributed by atoms with Crippen LogP contribution >= 0.6 is 0 Å². The van der Waals surface area contributed by atoms with Crippen LogP contribution in [-0.4, -0.2) is 15.4 Å². The highest BCUT2D eigenvalue weighted by atomic mass is 16.6. The maximum Gasteiger partial charge on any atom is 0.287 e. The van der Waals surface area contributed by atoms with Gasteiger partial charge in [0.25, 0.3) is 11.2 Å². The first-order valence-electron chi connectivity index (χ1n) is 6.57. The molecule has 1 heterocycles. The van der Waals surface area contributed by atoms with E-state index in [2.05, 4.69) is 5.32 Å². The summed E-state index contributed by atoms with van der Waals surface area (Å²) in [7, 11) is 0. The molecule has 0 unspecified atom stereocenters. The molecule has 116 valence electrons. The summed E-state index contributed by atoms with van der Waals surface area (Å²) in [4.78, 5) is 34.1. The fourth-order valence-corrected chi connectivity index (χ4v) is 1.97. The number of nitro groups is 1. The third kappa shape index (κ3) is 3.59. The summed E-state index contributed by atoms with van der Waals surface area (Å²) in [6.07, 6.45) is 0.945. The molecule has 0 saturated heterocycles. The minimum Gasteiger partial charge on any atom is -0.324 e. The number of para-hydroxylation sites is 1. The zero-order valence-electron chi connectivity index (χ0n) is 12.1. The average Bonchev–Trinajstić information content (AvgIpc) is 2.51. The molecule has 0 aliphatic heterocycles. The third-order valence-corrected chi connectivity index (χ3v) is 3.14. The monoisotopic (exact) mass is 312 g/mol. The van der Waals surface area contributed by atoms with Crippen molar-refractivity contribution in [1.29, 1.82) is 5.26 Å².